The summed E-state index contributed by atoms with van der Waals surface area (Å²) in [6.07, 6.45) is 2.92. The molecule has 2 rings (SSSR count). The summed E-state index contributed by atoms with van der Waals surface area (Å²) in [5.74, 6) is -1.41. The Morgan fingerprint density at radius 2 is 1.92 bits per heavy atom. The van der Waals surface area contributed by atoms with E-state index in [1.807, 2.05) is 18.2 Å². The van der Waals surface area contributed by atoms with Gasteiger partial charge in [0.2, 0.25) is 0 Å². The van der Waals surface area contributed by atoms with Crippen LogP contribution in [0.1, 0.15) is 18.4 Å². The number of phenolic OH excluding ortho intramolecular Hbond substituents is 1. The number of amides is 1. The van der Waals surface area contributed by atoms with Crippen molar-refractivity contribution in [2.45, 2.75) is 19.3 Å². The number of carboxylic acids is 1. The third kappa shape index (κ3) is 5.24. The Kier molecular flexibility index (Phi) is 6.40. The third-order valence-corrected chi connectivity index (χ3v) is 4.22. The van der Waals surface area contributed by atoms with Crippen molar-refractivity contribution in [3.8, 4) is 11.8 Å². The highest BCUT2D eigenvalue weighted by Gasteiger charge is 2.28. The van der Waals surface area contributed by atoms with Crippen LogP contribution in [0.4, 0.5) is 0 Å². The zero-order chi connectivity index (χ0) is 18.2. The number of carbonyl (C=O) groups is 2. The largest absolute Gasteiger partial charge is 0.508 e. The van der Waals surface area contributed by atoms with Gasteiger partial charge >= 0.3 is 5.97 Å². The summed E-state index contributed by atoms with van der Waals surface area (Å²) >= 11 is 0. The lowest BCUT2D eigenvalue weighted by Crippen LogP contribution is -2.41. The first-order valence-electron chi connectivity index (χ1n) is 8.15. The minimum Gasteiger partial charge on any atom is -0.508 e. The van der Waals surface area contributed by atoms with Crippen LogP contribution in [0.15, 0.2) is 36.0 Å². The lowest BCUT2D eigenvalue weighted by molar-refractivity contribution is -0.145. The van der Waals surface area contributed by atoms with E-state index < -0.39 is 11.9 Å². The molecule has 0 atom stereocenters. The number of hydrogen-bond acceptors (Lipinski definition) is 5. The van der Waals surface area contributed by atoms with Crippen LogP contribution < -0.4 is 5.32 Å². The fourth-order valence-corrected chi connectivity index (χ4v) is 2.70. The standard InChI is InChI=1S/C18H21N3O4/c19-11-15(12-20-8-5-13-1-3-16(22)4-2-13)17(23)21-9-6-14(7-10-21)18(24)25/h1-4,12,14,20,22H,5-10H2,(H,24,25)/b15-12-. The van der Waals surface area contributed by atoms with Gasteiger partial charge in [-0.15, -0.1) is 0 Å². The molecule has 7 nitrogen and oxygen atoms in total. The molecule has 0 unspecified atom stereocenters. The first-order chi connectivity index (χ1) is 12.0. The molecule has 1 aliphatic heterocycles. The summed E-state index contributed by atoms with van der Waals surface area (Å²) in [5, 5.41) is 30.4. The Labute approximate surface area is 146 Å². The van der Waals surface area contributed by atoms with Gasteiger partial charge in [-0.2, -0.15) is 5.26 Å². The minimum atomic E-state index is -0.834. The molecular formula is C18H21N3O4. The second-order valence-corrected chi connectivity index (χ2v) is 5.95. The van der Waals surface area contributed by atoms with Gasteiger partial charge in [-0.3, -0.25) is 9.59 Å². The second kappa shape index (κ2) is 8.73. The molecule has 25 heavy (non-hydrogen) atoms. The molecule has 7 heteroatoms. The van der Waals surface area contributed by atoms with E-state index in [0.29, 0.717) is 38.9 Å². The van der Waals surface area contributed by atoms with Gasteiger partial charge in [-0.05, 0) is 37.0 Å². The molecule has 0 radical (unpaired) electrons. The molecule has 1 heterocycles. The van der Waals surface area contributed by atoms with E-state index in [1.165, 1.54) is 11.1 Å². The van der Waals surface area contributed by atoms with E-state index in [9.17, 15) is 20.0 Å². The normalized spacial score (nSPS) is 15.5. The number of nitrogens with one attached hydrogen (secondary N) is 1. The van der Waals surface area contributed by atoms with E-state index in [-0.39, 0.29) is 17.2 Å². The fourth-order valence-electron chi connectivity index (χ4n) is 2.70. The van der Waals surface area contributed by atoms with Crippen LogP contribution in [0, 0.1) is 17.2 Å². The Morgan fingerprint density at radius 1 is 1.28 bits per heavy atom. The highest BCUT2D eigenvalue weighted by atomic mass is 16.4. The number of nitriles is 1. The number of carboxylic acid groups (broad SMARTS) is 1. The van der Waals surface area contributed by atoms with Gasteiger partial charge in [-0.25, -0.2) is 0 Å². The predicted octanol–water partition coefficient (Wildman–Crippen LogP) is 1.25. The number of benzene rings is 1. The summed E-state index contributed by atoms with van der Waals surface area (Å²) in [7, 11) is 0. The summed E-state index contributed by atoms with van der Waals surface area (Å²) < 4.78 is 0. The zero-order valence-corrected chi connectivity index (χ0v) is 13.8. The van der Waals surface area contributed by atoms with Gasteiger partial charge in [0.25, 0.3) is 5.91 Å². The van der Waals surface area contributed by atoms with E-state index in [1.54, 1.807) is 12.1 Å². The smallest absolute Gasteiger partial charge is 0.306 e. The first kappa shape index (κ1) is 18.3. The summed E-state index contributed by atoms with van der Waals surface area (Å²) in [5.41, 5.74) is 1.04. The average molecular weight is 343 g/mol. The number of aromatic hydroxyl groups is 1. The van der Waals surface area contributed by atoms with Gasteiger partial charge < -0.3 is 20.4 Å². The molecule has 0 bridgehead atoms. The number of rotatable bonds is 6. The van der Waals surface area contributed by atoms with Crippen LogP contribution in [-0.4, -0.2) is 46.6 Å². The maximum absolute atomic E-state index is 12.3. The lowest BCUT2D eigenvalue weighted by atomic mass is 9.97. The topological polar surface area (TPSA) is 114 Å². The van der Waals surface area contributed by atoms with Crippen LogP contribution in [-0.2, 0) is 16.0 Å². The zero-order valence-electron chi connectivity index (χ0n) is 13.8. The van der Waals surface area contributed by atoms with Crippen LogP contribution >= 0.6 is 0 Å². The van der Waals surface area contributed by atoms with Crippen molar-refractivity contribution in [3.05, 3.63) is 41.6 Å². The van der Waals surface area contributed by atoms with Crippen molar-refractivity contribution >= 4 is 11.9 Å². The lowest BCUT2D eigenvalue weighted by Gasteiger charge is -2.29. The number of aliphatic carboxylic acids is 1. The maximum atomic E-state index is 12.3. The third-order valence-electron chi connectivity index (χ3n) is 4.22. The second-order valence-electron chi connectivity index (χ2n) is 5.95. The molecule has 0 saturated carbocycles. The molecule has 132 valence electrons. The molecule has 0 aliphatic carbocycles. The molecular weight excluding hydrogens is 322 g/mol. The minimum absolute atomic E-state index is 0.0134. The van der Waals surface area contributed by atoms with Gasteiger partial charge in [0, 0.05) is 25.8 Å². The van der Waals surface area contributed by atoms with Crippen LogP contribution in [0.2, 0.25) is 0 Å². The number of hydrogen-bond donors (Lipinski definition) is 3. The van der Waals surface area contributed by atoms with E-state index in [0.717, 1.165) is 5.56 Å². The Hall–Kier alpha value is -3.01. The Morgan fingerprint density at radius 3 is 2.48 bits per heavy atom. The molecule has 3 N–H and O–H groups in total. The molecule has 1 saturated heterocycles. The van der Waals surface area contributed by atoms with Crippen molar-refractivity contribution in [2.75, 3.05) is 19.6 Å². The molecule has 0 spiro atoms. The SMILES string of the molecule is N#C/C(=C/NCCc1ccc(O)cc1)C(=O)N1CCC(C(=O)O)CC1. The van der Waals surface area contributed by atoms with Gasteiger partial charge in [-0.1, -0.05) is 12.1 Å². The monoisotopic (exact) mass is 343 g/mol. The van der Waals surface area contributed by atoms with Crippen LogP contribution in [0.25, 0.3) is 0 Å². The number of piperidine rings is 1. The highest BCUT2D eigenvalue weighted by molar-refractivity contribution is 5.97. The van der Waals surface area contributed by atoms with Crippen molar-refractivity contribution < 1.29 is 19.8 Å². The quantitative estimate of drug-likeness (QED) is 0.407. The first-order valence-corrected chi connectivity index (χ1v) is 8.15. The number of carbonyl (C=O) groups excluding carboxylic acids is 1. The number of phenols is 1. The highest BCUT2D eigenvalue weighted by Crippen LogP contribution is 2.18. The summed E-state index contributed by atoms with van der Waals surface area (Å²) in [6.45, 7) is 1.25. The molecule has 1 amide bonds. The molecule has 0 aromatic heterocycles. The van der Waals surface area contributed by atoms with Gasteiger partial charge in [0.05, 0.1) is 5.92 Å². The molecule has 1 aromatic carbocycles. The average Bonchev–Trinajstić information content (AvgIpc) is 2.63. The van der Waals surface area contributed by atoms with Crippen molar-refractivity contribution in [2.24, 2.45) is 5.92 Å². The fraction of sp³-hybridized carbons (Fsp3) is 0.389. The molecule has 1 fully saturated rings. The van der Waals surface area contributed by atoms with Crippen molar-refractivity contribution in [1.29, 1.82) is 5.26 Å². The molecule has 1 aromatic rings. The van der Waals surface area contributed by atoms with Gasteiger partial charge in [0.15, 0.2) is 0 Å². The van der Waals surface area contributed by atoms with E-state index in [2.05, 4.69) is 5.32 Å². The maximum Gasteiger partial charge on any atom is 0.306 e. The van der Waals surface area contributed by atoms with E-state index >= 15 is 0 Å². The Balaban J connectivity index is 1.83. The van der Waals surface area contributed by atoms with Crippen molar-refractivity contribution in [1.82, 2.24) is 10.2 Å². The number of nitrogens with zero attached hydrogens (tertiary/aromatic N) is 2. The van der Waals surface area contributed by atoms with Crippen LogP contribution in [0.3, 0.4) is 0 Å². The van der Waals surface area contributed by atoms with Crippen LogP contribution in [0.5, 0.6) is 5.75 Å². The summed E-state index contributed by atoms with van der Waals surface area (Å²) in [6, 6.07) is 8.73. The van der Waals surface area contributed by atoms with Gasteiger partial charge in [0.1, 0.15) is 17.4 Å². The Bertz CT molecular complexity index is 683. The van der Waals surface area contributed by atoms with Crippen molar-refractivity contribution in [3.63, 3.8) is 0 Å². The number of likely N-dealkylation sites (tertiary alicyclic amines) is 1. The van der Waals surface area contributed by atoms with E-state index in [4.69, 9.17) is 5.11 Å². The molecule has 1 aliphatic rings. The predicted molar refractivity (Wildman–Crippen MR) is 90.4 cm³/mol. The summed E-state index contributed by atoms with van der Waals surface area (Å²) in [4.78, 5) is 24.8.